The molecule has 1 fully saturated rings. The van der Waals surface area contributed by atoms with Crippen molar-refractivity contribution in [1.29, 1.82) is 5.26 Å². The second-order valence-corrected chi connectivity index (χ2v) is 4.67. The quantitative estimate of drug-likeness (QED) is 0.824. The van der Waals surface area contributed by atoms with Gasteiger partial charge in [-0.25, -0.2) is 0 Å². The van der Waals surface area contributed by atoms with Gasteiger partial charge >= 0.3 is 5.97 Å². The maximum Gasteiger partial charge on any atom is 0.309 e. The summed E-state index contributed by atoms with van der Waals surface area (Å²) in [6, 6.07) is 3.83. The molecule has 1 aromatic heterocycles. The van der Waals surface area contributed by atoms with E-state index in [1.54, 1.807) is 11.4 Å². The third kappa shape index (κ3) is 1.51. The maximum absolute atomic E-state index is 10.9. The van der Waals surface area contributed by atoms with E-state index in [4.69, 9.17) is 10.4 Å². The lowest BCUT2D eigenvalue weighted by atomic mass is 10.0. The molecule has 1 N–H and O–H groups in total. The van der Waals surface area contributed by atoms with E-state index in [1.165, 1.54) is 11.3 Å². The lowest BCUT2D eigenvalue weighted by Crippen LogP contribution is -2.16. The normalized spacial score (nSPS) is 17.4. The van der Waals surface area contributed by atoms with E-state index in [-0.39, 0.29) is 0 Å². The Morgan fingerprint density at radius 3 is 2.86 bits per heavy atom. The van der Waals surface area contributed by atoms with Crippen molar-refractivity contribution in [2.75, 3.05) is 0 Å². The van der Waals surface area contributed by atoms with Gasteiger partial charge in [0, 0.05) is 10.3 Å². The molecule has 1 aliphatic rings. The van der Waals surface area contributed by atoms with E-state index >= 15 is 0 Å². The van der Waals surface area contributed by atoms with Crippen LogP contribution in [0, 0.1) is 16.7 Å². The minimum atomic E-state index is -0.704. The first kappa shape index (κ1) is 9.22. The zero-order valence-corrected chi connectivity index (χ0v) is 8.30. The summed E-state index contributed by atoms with van der Waals surface area (Å²) >= 11 is 1.47. The molecular weight excluding hydrogens is 198 g/mol. The highest BCUT2D eigenvalue weighted by molar-refractivity contribution is 7.10. The van der Waals surface area contributed by atoms with Crippen LogP contribution in [0.3, 0.4) is 0 Å². The average Bonchev–Trinajstić information content (AvgIpc) is 2.78. The van der Waals surface area contributed by atoms with Crippen LogP contribution >= 0.6 is 11.3 Å². The lowest BCUT2D eigenvalue weighted by Gasteiger charge is -2.06. The Morgan fingerprint density at radius 2 is 2.43 bits per heavy atom. The molecule has 0 aromatic carbocycles. The fourth-order valence-electron chi connectivity index (χ4n) is 1.48. The van der Waals surface area contributed by atoms with Crippen molar-refractivity contribution >= 4 is 17.3 Å². The Morgan fingerprint density at radius 1 is 1.71 bits per heavy atom. The van der Waals surface area contributed by atoms with E-state index in [1.807, 2.05) is 6.07 Å². The van der Waals surface area contributed by atoms with E-state index < -0.39 is 11.4 Å². The van der Waals surface area contributed by atoms with Crippen LogP contribution < -0.4 is 0 Å². The Kier molecular flexibility index (Phi) is 2.05. The molecule has 1 aromatic rings. The summed E-state index contributed by atoms with van der Waals surface area (Å²) in [4.78, 5) is 11.9. The highest BCUT2D eigenvalue weighted by Crippen LogP contribution is 2.49. The van der Waals surface area contributed by atoms with Crippen molar-refractivity contribution < 1.29 is 9.90 Å². The van der Waals surface area contributed by atoms with Crippen molar-refractivity contribution in [3.05, 3.63) is 21.9 Å². The van der Waals surface area contributed by atoms with Gasteiger partial charge in [-0.05, 0) is 25.3 Å². The highest BCUT2D eigenvalue weighted by atomic mass is 32.1. The first-order chi connectivity index (χ1) is 6.66. The number of hydrogen-bond acceptors (Lipinski definition) is 3. The van der Waals surface area contributed by atoms with Gasteiger partial charge in [0.05, 0.1) is 17.0 Å². The van der Waals surface area contributed by atoms with Crippen LogP contribution in [-0.4, -0.2) is 11.1 Å². The van der Waals surface area contributed by atoms with Crippen molar-refractivity contribution in [3.63, 3.8) is 0 Å². The van der Waals surface area contributed by atoms with E-state index in [2.05, 4.69) is 0 Å². The summed E-state index contributed by atoms with van der Waals surface area (Å²) in [5.41, 5.74) is 0.114. The van der Waals surface area contributed by atoms with Crippen LogP contribution in [-0.2, 0) is 11.2 Å². The summed E-state index contributed by atoms with van der Waals surface area (Å²) in [7, 11) is 0. The van der Waals surface area contributed by atoms with Crippen LogP contribution in [0.4, 0.5) is 0 Å². The molecule has 0 unspecified atom stereocenters. The fourth-order valence-corrected chi connectivity index (χ4v) is 2.44. The van der Waals surface area contributed by atoms with E-state index in [9.17, 15) is 4.79 Å². The number of hydrogen-bond donors (Lipinski definition) is 1. The van der Waals surface area contributed by atoms with Crippen LogP contribution in [0.1, 0.15) is 23.3 Å². The zero-order chi connectivity index (χ0) is 10.2. The molecule has 72 valence electrons. The topological polar surface area (TPSA) is 61.1 Å². The Balaban J connectivity index is 2.12. The molecule has 3 nitrogen and oxygen atoms in total. The number of aliphatic carboxylic acids is 1. The summed E-state index contributed by atoms with van der Waals surface area (Å²) < 4.78 is 0. The number of thiophene rings is 1. The number of rotatable bonds is 3. The number of carboxylic acids is 1. The molecule has 0 bridgehead atoms. The van der Waals surface area contributed by atoms with Gasteiger partial charge in [0.25, 0.3) is 0 Å². The highest BCUT2D eigenvalue weighted by Gasteiger charge is 2.50. The predicted octanol–water partition coefficient (Wildman–Crippen LogP) is 2.03. The van der Waals surface area contributed by atoms with Crippen molar-refractivity contribution in [2.45, 2.75) is 19.3 Å². The minimum Gasteiger partial charge on any atom is -0.481 e. The van der Waals surface area contributed by atoms with Crippen molar-refractivity contribution in [1.82, 2.24) is 0 Å². The number of carboxylic acid groups (broad SMARTS) is 1. The van der Waals surface area contributed by atoms with Gasteiger partial charge < -0.3 is 5.11 Å². The molecule has 0 radical (unpaired) electrons. The first-order valence-electron chi connectivity index (χ1n) is 4.37. The molecule has 14 heavy (non-hydrogen) atoms. The molecule has 4 heteroatoms. The Labute approximate surface area is 85.6 Å². The van der Waals surface area contributed by atoms with Crippen molar-refractivity contribution in [3.8, 4) is 6.07 Å². The van der Waals surface area contributed by atoms with Crippen LogP contribution in [0.5, 0.6) is 0 Å². The maximum atomic E-state index is 10.9. The van der Waals surface area contributed by atoms with Gasteiger partial charge in [0.2, 0.25) is 0 Å². The van der Waals surface area contributed by atoms with Crippen LogP contribution in [0.15, 0.2) is 11.4 Å². The number of nitrogens with zero attached hydrogens (tertiary/aromatic N) is 1. The largest absolute Gasteiger partial charge is 0.481 e. The smallest absolute Gasteiger partial charge is 0.309 e. The molecule has 0 atom stereocenters. The summed E-state index contributed by atoms with van der Waals surface area (Å²) in [6.07, 6.45) is 2.11. The molecule has 1 heterocycles. The third-order valence-electron chi connectivity index (χ3n) is 2.60. The summed E-state index contributed by atoms with van der Waals surface area (Å²) in [6.45, 7) is 0. The minimum absolute atomic E-state index is 0.516. The van der Waals surface area contributed by atoms with Gasteiger partial charge in [-0.3, -0.25) is 4.79 Å². The first-order valence-corrected chi connectivity index (χ1v) is 5.25. The second-order valence-electron chi connectivity index (χ2n) is 3.68. The van der Waals surface area contributed by atoms with Crippen LogP contribution in [0.25, 0.3) is 0 Å². The van der Waals surface area contributed by atoms with Crippen molar-refractivity contribution in [2.24, 2.45) is 5.41 Å². The van der Waals surface area contributed by atoms with Gasteiger partial charge in [-0.15, -0.1) is 11.3 Å². The fraction of sp³-hybridized carbons (Fsp3) is 0.400. The molecule has 0 amide bonds. The standard InChI is InChI=1S/C10H9NO2S/c11-5-7-3-8(14-6-7)4-10(1-2-10)9(12)13/h3,6H,1-2,4H2,(H,12,13). The summed E-state index contributed by atoms with van der Waals surface area (Å²) in [5.74, 6) is -0.704. The summed E-state index contributed by atoms with van der Waals surface area (Å²) in [5, 5.41) is 19.4. The Bertz CT molecular complexity index is 412. The zero-order valence-electron chi connectivity index (χ0n) is 7.49. The molecule has 0 saturated heterocycles. The number of carbonyl (C=O) groups is 1. The molecular formula is C10H9NO2S. The van der Waals surface area contributed by atoms with Gasteiger partial charge in [0.1, 0.15) is 0 Å². The molecule has 0 spiro atoms. The van der Waals surface area contributed by atoms with Gasteiger partial charge in [-0.1, -0.05) is 0 Å². The number of nitriles is 1. The molecule has 2 rings (SSSR count). The van der Waals surface area contributed by atoms with Gasteiger partial charge in [0.15, 0.2) is 0 Å². The Hall–Kier alpha value is -1.34. The second kappa shape index (κ2) is 3.10. The predicted molar refractivity (Wildman–Crippen MR) is 52.0 cm³/mol. The monoisotopic (exact) mass is 207 g/mol. The SMILES string of the molecule is N#Cc1csc(CC2(C(=O)O)CC2)c1. The van der Waals surface area contributed by atoms with Crippen LogP contribution in [0.2, 0.25) is 0 Å². The molecule has 0 aliphatic heterocycles. The molecule has 1 aliphatic carbocycles. The average molecular weight is 207 g/mol. The van der Waals surface area contributed by atoms with E-state index in [0.29, 0.717) is 12.0 Å². The van der Waals surface area contributed by atoms with E-state index in [0.717, 1.165) is 17.7 Å². The third-order valence-corrected chi connectivity index (χ3v) is 3.54. The lowest BCUT2D eigenvalue weighted by molar-refractivity contribution is -0.143. The molecule has 1 saturated carbocycles. The van der Waals surface area contributed by atoms with Gasteiger partial charge in [-0.2, -0.15) is 5.26 Å².